The molecule has 1 aromatic carbocycles. The lowest BCUT2D eigenvalue weighted by Crippen LogP contribution is -2.25. The van der Waals surface area contributed by atoms with Crippen LogP contribution in [0.1, 0.15) is 19.4 Å². The molecule has 1 rings (SSSR count). The zero-order valence-corrected chi connectivity index (χ0v) is 10.1. The molecule has 0 aliphatic carbocycles. The van der Waals surface area contributed by atoms with Gasteiger partial charge in [0, 0.05) is 16.6 Å². The summed E-state index contributed by atoms with van der Waals surface area (Å²) in [6, 6.07) is 6.44. The summed E-state index contributed by atoms with van der Waals surface area (Å²) in [5, 5.41) is 9.03. The maximum Gasteiger partial charge on any atom is 0.179 e. The van der Waals surface area contributed by atoms with E-state index in [1.165, 1.54) is 6.07 Å². The number of halogens is 2. The summed E-state index contributed by atoms with van der Waals surface area (Å²) in [5.74, 6) is -0.435. The highest BCUT2D eigenvalue weighted by Crippen LogP contribution is 2.29. The van der Waals surface area contributed by atoms with E-state index < -0.39 is 11.4 Å². The van der Waals surface area contributed by atoms with Crippen LogP contribution in [0.25, 0.3) is 0 Å². The lowest BCUT2D eigenvalue weighted by Gasteiger charge is -2.22. The quantitative estimate of drug-likeness (QED) is 0.845. The zero-order valence-electron chi connectivity index (χ0n) is 8.55. The molecule has 0 saturated carbocycles. The van der Waals surface area contributed by atoms with E-state index in [2.05, 4.69) is 15.9 Å². The minimum atomic E-state index is -1.23. The molecule has 80 valence electrons. The van der Waals surface area contributed by atoms with Crippen molar-refractivity contribution < 1.29 is 9.13 Å². The molecular weight excluding hydrogens is 261 g/mol. The Labute approximate surface area is 96.8 Å². The Morgan fingerprint density at radius 3 is 2.80 bits per heavy atom. The molecule has 2 nitrogen and oxygen atoms in total. The number of hydrogen-bond donors (Lipinski definition) is 0. The molecular formula is C11H11BrFNO. The van der Waals surface area contributed by atoms with Gasteiger partial charge in [0.05, 0.1) is 0 Å². The summed E-state index contributed by atoms with van der Waals surface area (Å²) < 4.78 is 19.5. The fourth-order valence-electron chi connectivity index (χ4n) is 1.32. The second kappa shape index (κ2) is 4.73. The summed E-state index contributed by atoms with van der Waals surface area (Å²) in [5.41, 5.74) is -0.982. The third-order valence-electron chi connectivity index (χ3n) is 2.09. The van der Waals surface area contributed by atoms with Gasteiger partial charge in [0.2, 0.25) is 0 Å². The number of benzene rings is 1. The predicted octanol–water partition coefficient (Wildman–Crippen LogP) is 3.36. The molecule has 0 radical (unpaired) electrons. The fourth-order valence-corrected chi connectivity index (χ4v) is 1.68. The monoisotopic (exact) mass is 271 g/mol. The van der Waals surface area contributed by atoms with Crippen molar-refractivity contribution in [2.75, 3.05) is 6.61 Å². The molecule has 1 atom stereocenters. The third kappa shape index (κ3) is 2.55. The van der Waals surface area contributed by atoms with E-state index in [9.17, 15) is 4.39 Å². The summed E-state index contributed by atoms with van der Waals surface area (Å²) in [7, 11) is 0. The molecule has 0 aliphatic heterocycles. The Kier molecular flexibility index (Phi) is 3.83. The summed E-state index contributed by atoms with van der Waals surface area (Å²) in [6.07, 6.45) is 0. The maximum absolute atomic E-state index is 13.5. The number of rotatable bonds is 3. The molecule has 0 N–H and O–H groups in total. The van der Waals surface area contributed by atoms with Gasteiger partial charge in [-0.2, -0.15) is 5.26 Å². The lowest BCUT2D eigenvalue weighted by atomic mass is 9.97. The van der Waals surface area contributed by atoms with E-state index in [-0.39, 0.29) is 5.56 Å². The number of nitriles is 1. The van der Waals surface area contributed by atoms with Crippen molar-refractivity contribution >= 4 is 15.9 Å². The molecule has 1 aromatic rings. The minimum Gasteiger partial charge on any atom is -0.356 e. The largest absolute Gasteiger partial charge is 0.356 e. The van der Waals surface area contributed by atoms with Gasteiger partial charge >= 0.3 is 0 Å². The highest BCUT2D eigenvalue weighted by molar-refractivity contribution is 9.10. The van der Waals surface area contributed by atoms with Gasteiger partial charge in [-0.25, -0.2) is 4.39 Å². The van der Waals surface area contributed by atoms with Gasteiger partial charge in [0.15, 0.2) is 5.60 Å². The van der Waals surface area contributed by atoms with Crippen LogP contribution in [0, 0.1) is 17.1 Å². The summed E-state index contributed by atoms with van der Waals surface area (Å²) >= 11 is 3.24. The smallest absolute Gasteiger partial charge is 0.179 e. The van der Waals surface area contributed by atoms with Crippen molar-refractivity contribution in [1.29, 1.82) is 5.26 Å². The molecule has 0 fully saturated rings. The van der Waals surface area contributed by atoms with E-state index in [4.69, 9.17) is 10.00 Å². The Morgan fingerprint density at radius 2 is 2.27 bits per heavy atom. The lowest BCUT2D eigenvalue weighted by molar-refractivity contribution is 0.0141. The van der Waals surface area contributed by atoms with Crippen molar-refractivity contribution in [3.8, 4) is 6.07 Å². The highest BCUT2D eigenvalue weighted by Gasteiger charge is 2.30. The molecule has 0 bridgehead atoms. The Bertz CT molecular complexity index is 402. The predicted molar refractivity (Wildman–Crippen MR) is 58.7 cm³/mol. The van der Waals surface area contributed by atoms with E-state index in [0.717, 1.165) is 4.47 Å². The van der Waals surface area contributed by atoms with Crippen LogP contribution in [-0.2, 0) is 10.3 Å². The van der Waals surface area contributed by atoms with Crippen LogP contribution in [0.3, 0.4) is 0 Å². The molecule has 0 spiro atoms. The summed E-state index contributed by atoms with van der Waals surface area (Å²) in [6.45, 7) is 3.68. The van der Waals surface area contributed by atoms with E-state index in [0.29, 0.717) is 6.61 Å². The topological polar surface area (TPSA) is 33.0 Å². The van der Waals surface area contributed by atoms with Crippen LogP contribution in [0.4, 0.5) is 4.39 Å². The van der Waals surface area contributed by atoms with Crippen LogP contribution in [0.2, 0.25) is 0 Å². The zero-order chi connectivity index (χ0) is 11.5. The maximum atomic E-state index is 13.5. The molecule has 0 amide bonds. The first-order chi connectivity index (χ1) is 7.03. The van der Waals surface area contributed by atoms with Crippen LogP contribution in [0.15, 0.2) is 22.7 Å². The summed E-state index contributed by atoms with van der Waals surface area (Å²) in [4.78, 5) is 0. The fraction of sp³-hybridized carbons (Fsp3) is 0.364. The highest BCUT2D eigenvalue weighted by atomic mass is 79.9. The van der Waals surface area contributed by atoms with Crippen LogP contribution < -0.4 is 0 Å². The minimum absolute atomic E-state index is 0.251. The molecule has 1 unspecified atom stereocenters. The Hall–Kier alpha value is -0.920. The van der Waals surface area contributed by atoms with Gasteiger partial charge in [0.1, 0.15) is 11.9 Å². The second-order valence-corrected chi connectivity index (χ2v) is 4.12. The second-order valence-electron chi connectivity index (χ2n) is 3.20. The molecule has 0 aliphatic rings. The molecule has 0 heterocycles. The van der Waals surface area contributed by atoms with Crippen molar-refractivity contribution in [3.63, 3.8) is 0 Å². The number of hydrogen-bond acceptors (Lipinski definition) is 2. The Morgan fingerprint density at radius 1 is 1.60 bits per heavy atom. The average Bonchev–Trinajstić information content (AvgIpc) is 2.22. The van der Waals surface area contributed by atoms with Gasteiger partial charge in [-0.15, -0.1) is 0 Å². The van der Waals surface area contributed by atoms with Crippen LogP contribution in [0.5, 0.6) is 0 Å². The first-order valence-corrected chi connectivity index (χ1v) is 5.33. The molecule has 0 aromatic heterocycles. The van der Waals surface area contributed by atoms with Crippen LogP contribution >= 0.6 is 15.9 Å². The van der Waals surface area contributed by atoms with E-state index >= 15 is 0 Å². The van der Waals surface area contributed by atoms with Gasteiger partial charge in [-0.1, -0.05) is 15.9 Å². The Balaban J connectivity index is 3.24. The van der Waals surface area contributed by atoms with Crippen molar-refractivity contribution in [3.05, 3.63) is 34.1 Å². The SMILES string of the molecule is CCOC(C)(C#N)c1cc(Br)ccc1F. The van der Waals surface area contributed by atoms with E-state index in [1.54, 1.807) is 26.0 Å². The normalized spacial score (nSPS) is 14.3. The molecule has 0 saturated heterocycles. The van der Waals surface area contributed by atoms with Crippen molar-refractivity contribution in [2.45, 2.75) is 19.4 Å². The molecule has 4 heteroatoms. The van der Waals surface area contributed by atoms with Crippen molar-refractivity contribution in [1.82, 2.24) is 0 Å². The first-order valence-electron chi connectivity index (χ1n) is 4.54. The average molecular weight is 272 g/mol. The standard InChI is InChI=1S/C11H11BrFNO/c1-3-15-11(2,7-14)9-6-8(12)4-5-10(9)13/h4-6H,3H2,1-2H3. The number of ether oxygens (including phenoxy) is 1. The van der Waals surface area contributed by atoms with Crippen molar-refractivity contribution in [2.24, 2.45) is 0 Å². The number of nitrogens with zero attached hydrogens (tertiary/aromatic N) is 1. The van der Waals surface area contributed by atoms with Gasteiger partial charge < -0.3 is 4.74 Å². The molecule has 15 heavy (non-hydrogen) atoms. The van der Waals surface area contributed by atoms with Crippen LogP contribution in [-0.4, -0.2) is 6.61 Å². The van der Waals surface area contributed by atoms with E-state index in [1.807, 2.05) is 6.07 Å². The van der Waals surface area contributed by atoms with Gasteiger partial charge in [-0.3, -0.25) is 0 Å². The first kappa shape index (κ1) is 12.2. The van der Waals surface area contributed by atoms with Gasteiger partial charge in [0.25, 0.3) is 0 Å². The van der Waals surface area contributed by atoms with Gasteiger partial charge in [-0.05, 0) is 32.0 Å². The third-order valence-corrected chi connectivity index (χ3v) is 2.58.